The molecule has 0 aliphatic rings. The van der Waals surface area contributed by atoms with Crippen LogP contribution in [0.4, 0.5) is 0 Å². The van der Waals surface area contributed by atoms with Gasteiger partial charge < -0.3 is 28.8 Å². The highest BCUT2D eigenvalue weighted by Gasteiger charge is 2.23. The third kappa shape index (κ3) is 40.6. The number of phosphoric acid groups is 1. The molecule has 8 nitrogen and oxygen atoms in total. The molecule has 0 heterocycles. The molecule has 0 saturated carbocycles. The molecular formula is C47H89N2O6P. The van der Waals surface area contributed by atoms with Crippen LogP contribution in [0.25, 0.3) is 0 Å². The Labute approximate surface area is 346 Å². The predicted molar refractivity (Wildman–Crippen MR) is 238 cm³/mol. The molecule has 56 heavy (non-hydrogen) atoms. The first-order valence-electron chi connectivity index (χ1n) is 23.0. The summed E-state index contributed by atoms with van der Waals surface area (Å²) in [6, 6.07) is -0.893. The zero-order chi connectivity index (χ0) is 41.4. The van der Waals surface area contributed by atoms with Gasteiger partial charge in [-0.25, -0.2) is 0 Å². The molecule has 0 saturated heterocycles. The summed E-state index contributed by atoms with van der Waals surface area (Å²) in [6.07, 6.45) is 48.6. The van der Waals surface area contributed by atoms with E-state index in [1.165, 1.54) is 109 Å². The van der Waals surface area contributed by atoms with Crippen molar-refractivity contribution >= 4 is 13.7 Å². The highest BCUT2D eigenvalue weighted by molar-refractivity contribution is 7.45. The number of unbranched alkanes of at least 4 members (excludes halogenated alkanes) is 22. The Balaban J connectivity index is 4.43. The molecule has 1 amide bonds. The van der Waals surface area contributed by atoms with Crippen LogP contribution < -0.4 is 10.2 Å². The Morgan fingerprint density at radius 1 is 0.625 bits per heavy atom. The van der Waals surface area contributed by atoms with E-state index in [-0.39, 0.29) is 19.1 Å². The number of carbonyl (C=O) groups is 1. The summed E-state index contributed by atoms with van der Waals surface area (Å²) < 4.78 is 23.2. The van der Waals surface area contributed by atoms with Gasteiger partial charge in [-0.1, -0.05) is 178 Å². The maximum Gasteiger partial charge on any atom is 0.268 e. The van der Waals surface area contributed by atoms with Gasteiger partial charge in [0.15, 0.2) is 0 Å². The first-order chi connectivity index (χ1) is 27.0. The van der Waals surface area contributed by atoms with E-state index < -0.39 is 20.0 Å². The summed E-state index contributed by atoms with van der Waals surface area (Å²) in [4.78, 5) is 25.3. The van der Waals surface area contributed by atoms with E-state index in [0.29, 0.717) is 17.4 Å². The van der Waals surface area contributed by atoms with Crippen LogP contribution in [0.1, 0.15) is 194 Å². The molecule has 2 N–H and O–H groups in total. The van der Waals surface area contributed by atoms with Crippen molar-refractivity contribution in [2.24, 2.45) is 0 Å². The number of aliphatic hydroxyl groups excluding tert-OH is 1. The number of nitrogens with zero attached hydrogens (tertiary/aromatic N) is 1. The monoisotopic (exact) mass is 809 g/mol. The van der Waals surface area contributed by atoms with Crippen LogP contribution in [0.15, 0.2) is 48.6 Å². The molecule has 0 aromatic carbocycles. The van der Waals surface area contributed by atoms with E-state index in [0.717, 1.165) is 64.2 Å². The molecule has 0 aliphatic heterocycles. The van der Waals surface area contributed by atoms with Crippen molar-refractivity contribution in [3.63, 3.8) is 0 Å². The standard InChI is InChI=1S/C47H89N2O6P/c1-6-8-10-12-14-16-18-20-22-23-24-25-27-29-31-33-35-37-39-41-47(51)48-45(44-55-56(52,53)54-43-42-49(3,4)5)46(50)40-38-36-34-32-30-28-26-21-19-17-15-13-11-9-7-2/h14,16,20,22,24-25,38,40,45-46,50H,6-13,15,17-19,21,23,26-37,39,41-44H2,1-5H3,(H-,48,51,52,53)/b16-14-,22-20-,25-24-,40-38+. The molecule has 0 aromatic rings. The number of nitrogens with one attached hydrogen (secondary N) is 1. The lowest BCUT2D eigenvalue weighted by molar-refractivity contribution is -0.870. The first-order valence-corrected chi connectivity index (χ1v) is 24.5. The van der Waals surface area contributed by atoms with Crippen LogP contribution in [0.3, 0.4) is 0 Å². The van der Waals surface area contributed by atoms with E-state index in [4.69, 9.17) is 9.05 Å². The van der Waals surface area contributed by atoms with Gasteiger partial charge in [-0.15, -0.1) is 0 Å². The Morgan fingerprint density at radius 3 is 1.54 bits per heavy atom. The van der Waals surface area contributed by atoms with E-state index in [2.05, 4.69) is 55.6 Å². The fourth-order valence-electron chi connectivity index (χ4n) is 6.33. The average molecular weight is 809 g/mol. The topological polar surface area (TPSA) is 108 Å². The highest BCUT2D eigenvalue weighted by atomic mass is 31.2. The molecule has 328 valence electrons. The van der Waals surface area contributed by atoms with Crippen LogP contribution in [0.5, 0.6) is 0 Å². The van der Waals surface area contributed by atoms with Gasteiger partial charge in [0.2, 0.25) is 5.91 Å². The molecule has 0 spiro atoms. The third-order valence-corrected chi connectivity index (χ3v) is 11.0. The van der Waals surface area contributed by atoms with Gasteiger partial charge in [0, 0.05) is 6.42 Å². The van der Waals surface area contributed by atoms with Crippen molar-refractivity contribution in [3.05, 3.63) is 48.6 Å². The summed E-state index contributed by atoms with van der Waals surface area (Å²) in [5.41, 5.74) is 0. The second kappa shape index (κ2) is 38.9. The maximum atomic E-state index is 12.9. The van der Waals surface area contributed by atoms with E-state index in [1.807, 2.05) is 27.2 Å². The Bertz CT molecular complexity index is 1050. The summed E-state index contributed by atoms with van der Waals surface area (Å²) in [7, 11) is 1.25. The SMILES string of the molecule is CCCCC/C=C\C/C=C\C/C=C\CCCCCCCCC(=O)NC(COP(=O)([O-])OCC[N+](C)(C)C)C(O)/C=C/CCCCCCCCCCCCCCC. The summed E-state index contributed by atoms with van der Waals surface area (Å²) in [5, 5.41) is 13.8. The van der Waals surface area contributed by atoms with Gasteiger partial charge in [-0.05, 0) is 57.8 Å². The van der Waals surface area contributed by atoms with E-state index in [1.54, 1.807) is 6.08 Å². The van der Waals surface area contributed by atoms with E-state index >= 15 is 0 Å². The number of likely N-dealkylation sites (N-methyl/N-ethyl adjacent to an activating group) is 1. The number of amides is 1. The van der Waals surface area contributed by atoms with Gasteiger partial charge >= 0.3 is 0 Å². The number of phosphoric ester groups is 1. The normalized spacial score (nSPS) is 14.8. The minimum Gasteiger partial charge on any atom is -0.756 e. The summed E-state index contributed by atoms with van der Waals surface area (Å²) in [5.74, 6) is -0.212. The molecule has 9 heteroatoms. The summed E-state index contributed by atoms with van der Waals surface area (Å²) >= 11 is 0. The van der Waals surface area contributed by atoms with Crippen molar-refractivity contribution < 1.29 is 32.9 Å². The number of hydrogen-bond acceptors (Lipinski definition) is 6. The van der Waals surface area contributed by atoms with Gasteiger partial charge in [0.25, 0.3) is 7.82 Å². The van der Waals surface area contributed by atoms with Crippen molar-refractivity contribution in [2.45, 2.75) is 206 Å². The number of allylic oxidation sites excluding steroid dienone is 7. The fraction of sp³-hybridized carbons (Fsp3) is 0.809. The van der Waals surface area contributed by atoms with Gasteiger partial charge in [-0.2, -0.15) is 0 Å². The molecule has 0 fully saturated rings. The van der Waals surface area contributed by atoms with Crippen LogP contribution in [0.2, 0.25) is 0 Å². The molecule has 3 unspecified atom stereocenters. The smallest absolute Gasteiger partial charge is 0.268 e. The van der Waals surface area contributed by atoms with Crippen molar-refractivity contribution in [1.29, 1.82) is 0 Å². The fourth-order valence-corrected chi connectivity index (χ4v) is 7.06. The number of carbonyl (C=O) groups excluding carboxylic acids is 1. The first kappa shape index (κ1) is 54.5. The predicted octanol–water partition coefficient (Wildman–Crippen LogP) is 12.2. The number of aliphatic hydroxyl groups is 1. The molecule has 0 radical (unpaired) electrons. The minimum absolute atomic E-state index is 0.00520. The highest BCUT2D eigenvalue weighted by Crippen LogP contribution is 2.38. The van der Waals surface area contributed by atoms with Crippen LogP contribution in [-0.4, -0.2) is 68.5 Å². The Kier molecular flexibility index (Phi) is 37.9. The molecular weight excluding hydrogens is 719 g/mol. The Hall–Kier alpha value is -1.54. The second-order valence-electron chi connectivity index (χ2n) is 16.8. The van der Waals surface area contributed by atoms with Crippen molar-refractivity contribution in [2.75, 3.05) is 40.9 Å². The van der Waals surface area contributed by atoms with Crippen molar-refractivity contribution in [3.8, 4) is 0 Å². The zero-order valence-corrected chi connectivity index (χ0v) is 38.0. The lowest BCUT2D eigenvalue weighted by atomic mass is 10.0. The van der Waals surface area contributed by atoms with Gasteiger partial charge in [0.1, 0.15) is 13.2 Å². The lowest BCUT2D eigenvalue weighted by Crippen LogP contribution is -2.45. The maximum absolute atomic E-state index is 12.9. The lowest BCUT2D eigenvalue weighted by Gasteiger charge is -2.29. The number of hydrogen-bond donors (Lipinski definition) is 2. The van der Waals surface area contributed by atoms with E-state index in [9.17, 15) is 19.4 Å². The number of quaternary nitrogens is 1. The zero-order valence-electron chi connectivity index (χ0n) is 37.1. The van der Waals surface area contributed by atoms with Crippen LogP contribution in [0, 0.1) is 0 Å². The molecule has 0 aliphatic carbocycles. The van der Waals surface area contributed by atoms with Crippen LogP contribution >= 0.6 is 7.82 Å². The minimum atomic E-state index is -4.59. The van der Waals surface area contributed by atoms with Gasteiger partial charge in [-0.3, -0.25) is 9.36 Å². The molecule has 0 aromatic heterocycles. The molecule has 0 bridgehead atoms. The summed E-state index contributed by atoms with van der Waals surface area (Å²) in [6.45, 7) is 4.60. The van der Waals surface area contributed by atoms with Crippen molar-refractivity contribution in [1.82, 2.24) is 5.32 Å². The van der Waals surface area contributed by atoms with Gasteiger partial charge in [0.05, 0.1) is 39.9 Å². The quantitative estimate of drug-likeness (QED) is 0.0276. The molecule has 3 atom stereocenters. The largest absolute Gasteiger partial charge is 0.756 e. The second-order valence-corrected chi connectivity index (χ2v) is 18.2. The Morgan fingerprint density at radius 2 is 1.04 bits per heavy atom. The average Bonchev–Trinajstić information content (AvgIpc) is 3.15. The van der Waals surface area contributed by atoms with Crippen LogP contribution in [-0.2, 0) is 18.4 Å². The number of rotatable bonds is 41. The third-order valence-electron chi connectivity index (χ3n) is 10.0. The molecule has 0 rings (SSSR count).